The van der Waals surface area contributed by atoms with Crippen LogP contribution >= 0.6 is 0 Å². The predicted molar refractivity (Wildman–Crippen MR) is 75.6 cm³/mol. The van der Waals surface area contributed by atoms with Gasteiger partial charge in [-0.3, -0.25) is 0 Å². The fourth-order valence-corrected chi connectivity index (χ4v) is 1.95. The smallest absolute Gasteiger partial charge is 0.0644 e. The SMILES string of the molecule is COCC=CCn1cc(-c2ccccc2)cc1C. The number of hydrogen-bond donors (Lipinski definition) is 0. The summed E-state index contributed by atoms with van der Waals surface area (Å²) in [5, 5.41) is 0. The van der Waals surface area contributed by atoms with Crippen LogP contribution in [0.25, 0.3) is 11.1 Å². The van der Waals surface area contributed by atoms with Crippen LogP contribution in [-0.2, 0) is 11.3 Å². The molecule has 0 saturated heterocycles. The summed E-state index contributed by atoms with van der Waals surface area (Å²) in [4.78, 5) is 0. The summed E-state index contributed by atoms with van der Waals surface area (Å²) in [6.45, 7) is 3.70. The van der Waals surface area contributed by atoms with E-state index in [-0.39, 0.29) is 0 Å². The second-order valence-electron chi connectivity index (χ2n) is 4.32. The maximum Gasteiger partial charge on any atom is 0.0644 e. The van der Waals surface area contributed by atoms with Crippen molar-refractivity contribution in [3.05, 3.63) is 60.4 Å². The van der Waals surface area contributed by atoms with Gasteiger partial charge in [0.15, 0.2) is 0 Å². The Balaban J connectivity index is 2.12. The second-order valence-corrected chi connectivity index (χ2v) is 4.32. The molecule has 2 rings (SSSR count). The van der Waals surface area contributed by atoms with Crippen LogP contribution in [0.5, 0.6) is 0 Å². The third-order valence-corrected chi connectivity index (χ3v) is 2.95. The van der Waals surface area contributed by atoms with Gasteiger partial charge in [-0.1, -0.05) is 42.5 Å². The fourth-order valence-electron chi connectivity index (χ4n) is 1.95. The highest BCUT2D eigenvalue weighted by atomic mass is 16.5. The van der Waals surface area contributed by atoms with Gasteiger partial charge in [-0.05, 0) is 24.1 Å². The van der Waals surface area contributed by atoms with Crippen molar-refractivity contribution >= 4 is 0 Å². The van der Waals surface area contributed by atoms with Gasteiger partial charge in [-0.25, -0.2) is 0 Å². The van der Waals surface area contributed by atoms with Crippen molar-refractivity contribution in [1.82, 2.24) is 4.57 Å². The van der Waals surface area contributed by atoms with Gasteiger partial charge in [0.05, 0.1) is 6.61 Å². The number of aromatic nitrogens is 1. The van der Waals surface area contributed by atoms with Crippen molar-refractivity contribution in [1.29, 1.82) is 0 Å². The lowest BCUT2D eigenvalue weighted by molar-refractivity contribution is 0.233. The van der Waals surface area contributed by atoms with Crippen LogP contribution in [0.1, 0.15) is 5.69 Å². The number of rotatable bonds is 5. The lowest BCUT2D eigenvalue weighted by Crippen LogP contribution is -1.95. The lowest BCUT2D eigenvalue weighted by Gasteiger charge is -2.00. The number of benzene rings is 1. The minimum atomic E-state index is 0.672. The minimum absolute atomic E-state index is 0.672. The van der Waals surface area contributed by atoms with Crippen molar-refractivity contribution in [3.63, 3.8) is 0 Å². The second kappa shape index (κ2) is 6.22. The van der Waals surface area contributed by atoms with Crippen molar-refractivity contribution in [2.24, 2.45) is 0 Å². The molecule has 1 aromatic carbocycles. The van der Waals surface area contributed by atoms with E-state index in [9.17, 15) is 0 Å². The summed E-state index contributed by atoms with van der Waals surface area (Å²) in [6, 6.07) is 12.7. The average Bonchev–Trinajstić information content (AvgIpc) is 2.77. The molecule has 0 aliphatic heterocycles. The van der Waals surface area contributed by atoms with Crippen LogP contribution in [0.4, 0.5) is 0 Å². The van der Waals surface area contributed by atoms with Crippen molar-refractivity contribution in [2.45, 2.75) is 13.5 Å². The van der Waals surface area contributed by atoms with E-state index in [0.717, 1.165) is 6.54 Å². The molecule has 0 spiro atoms. The van der Waals surface area contributed by atoms with E-state index in [1.165, 1.54) is 16.8 Å². The molecule has 0 unspecified atom stereocenters. The molecule has 0 aliphatic rings. The van der Waals surface area contributed by atoms with Gasteiger partial charge in [-0.15, -0.1) is 0 Å². The van der Waals surface area contributed by atoms with Crippen LogP contribution < -0.4 is 0 Å². The normalized spacial score (nSPS) is 11.2. The summed E-state index contributed by atoms with van der Waals surface area (Å²) in [5.74, 6) is 0. The first kappa shape index (κ1) is 12.7. The quantitative estimate of drug-likeness (QED) is 0.729. The summed E-state index contributed by atoms with van der Waals surface area (Å²) in [5.41, 5.74) is 3.81. The zero-order chi connectivity index (χ0) is 12.8. The van der Waals surface area contributed by atoms with Gasteiger partial charge in [0, 0.05) is 25.5 Å². The van der Waals surface area contributed by atoms with Gasteiger partial charge >= 0.3 is 0 Å². The Bertz CT molecular complexity index is 511. The minimum Gasteiger partial charge on any atom is -0.381 e. The van der Waals surface area contributed by atoms with E-state index in [2.05, 4.69) is 54.1 Å². The maximum atomic E-state index is 4.99. The Morgan fingerprint density at radius 2 is 1.89 bits per heavy atom. The van der Waals surface area contributed by atoms with Crippen LogP contribution in [0.15, 0.2) is 54.7 Å². The van der Waals surface area contributed by atoms with Gasteiger partial charge in [-0.2, -0.15) is 0 Å². The van der Waals surface area contributed by atoms with E-state index >= 15 is 0 Å². The third-order valence-electron chi connectivity index (χ3n) is 2.95. The molecule has 0 bridgehead atoms. The Hall–Kier alpha value is -1.80. The van der Waals surface area contributed by atoms with E-state index in [0.29, 0.717) is 6.61 Å². The number of nitrogens with zero attached hydrogens (tertiary/aromatic N) is 1. The van der Waals surface area contributed by atoms with Gasteiger partial charge < -0.3 is 9.30 Å². The first-order valence-electron chi connectivity index (χ1n) is 6.17. The number of ether oxygens (including phenoxy) is 1. The molecule has 0 saturated carbocycles. The number of methoxy groups -OCH3 is 1. The van der Waals surface area contributed by atoms with Crippen LogP contribution in [0, 0.1) is 6.92 Å². The first-order valence-corrected chi connectivity index (χ1v) is 6.17. The third kappa shape index (κ3) is 3.11. The van der Waals surface area contributed by atoms with Crippen molar-refractivity contribution in [3.8, 4) is 11.1 Å². The molecule has 94 valence electrons. The number of hydrogen-bond acceptors (Lipinski definition) is 1. The monoisotopic (exact) mass is 241 g/mol. The van der Waals surface area contributed by atoms with E-state index in [4.69, 9.17) is 4.74 Å². The summed E-state index contributed by atoms with van der Waals surface area (Å²) >= 11 is 0. The molecule has 1 heterocycles. The predicted octanol–water partition coefficient (Wildman–Crippen LogP) is 3.67. The number of allylic oxidation sites excluding steroid dienone is 1. The van der Waals surface area contributed by atoms with Gasteiger partial charge in [0.2, 0.25) is 0 Å². The zero-order valence-corrected chi connectivity index (χ0v) is 11.0. The number of aryl methyl sites for hydroxylation is 1. The zero-order valence-electron chi connectivity index (χ0n) is 11.0. The van der Waals surface area contributed by atoms with Gasteiger partial charge in [0.1, 0.15) is 0 Å². The van der Waals surface area contributed by atoms with E-state index < -0.39 is 0 Å². The lowest BCUT2D eigenvalue weighted by atomic mass is 10.1. The van der Waals surface area contributed by atoms with Crippen LogP contribution in [0.3, 0.4) is 0 Å². The Morgan fingerprint density at radius 1 is 1.11 bits per heavy atom. The molecule has 0 aliphatic carbocycles. The summed E-state index contributed by atoms with van der Waals surface area (Å²) < 4.78 is 7.23. The first-order chi connectivity index (χ1) is 8.81. The molecule has 0 atom stereocenters. The highest BCUT2D eigenvalue weighted by molar-refractivity contribution is 5.63. The van der Waals surface area contributed by atoms with Crippen molar-refractivity contribution in [2.75, 3.05) is 13.7 Å². The fraction of sp³-hybridized carbons (Fsp3) is 0.250. The molecule has 1 aromatic heterocycles. The molecule has 2 heteroatoms. The van der Waals surface area contributed by atoms with Crippen LogP contribution in [-0.4, -0.2) is 18.3 Å². The molecular weight excluding hydrogens is 222 g/mol. The Labute approximate surface area is 109 Å². The maximum absolute atomic E-state index is 4.99. The summed E-state index contributed by atoms with van der Waals surface area (Å²) in [6.07, 6.45) is 6.37. The molecule has 0 radical (unpaired) electrons. The molecule has 2 aromatic rings. The highest BCUT2D eigenvalue weighted by Gasteiger charge is 2.02. The standard InChI is InChI=1S/C16H19NO/c1-14-12-16(15-8-4-3-5-9-15)13-17(14)10-6-7-11-18-2/h3-9,12-13H,10-11H2,1-2H3. The molecular formula is C16H19NO. The molecule has 0 amide bonds. The average molecular weight is 241 g/mol. The molecule has 2 nitrogen and oxygen atoms in total. The van der Waals surface area contributed by atoms with Gasteiger partial charge in [0.25, 0.3) is 0 Å². The van der Waals surface area contributed by atoms with Crippen LogP contribution in [0.2, 0.25) is 0 Å². The largest absolute Gasteiger partial charge is 0.381 e. The molecule has 0 N–H and O–H groups in total. The Kier molecular flexibility index (Phi) is 4.37. The highest BCUT2D eigenvalue weighted by Crippen LogP contribution is 2.21. The summed E-state index contributed by atoms with van der Waals surface area (Å²) in [7, 11) is 1.71. The van der Waals surface area contributed by atoms with E-state index in [1.807, 2.05) is 12.1 Å². The molecule has 0 fully saturated rings. The van der Waals surface area contributed by atoms with Crippen molar-refractivity contribution < 1.29 is 4.74 Å². The molecule has 18 heavy (non-hydrogen) atoms. The topological polar surface area (TPSA) is 14.2 Å². The Morgan fingerprint density at radius 3 is 2.61 bits per heavy atom. The van der Waals surface area contributed by atoms with E-state index in [1.54, 1.807) is 7.11 Å².